The molecule has 6 aromatic rings. The molecule has 0 saturated heterocycles. The van der Waals surface area contributed by atoms with Crippen LogP contribution in [0.5, 0.6) is 0 Å². The van der Waals surface area contributed by atoms with Crippen molar-refractivity contribution < 1.29 is 0 Å². The number of aromatic nitrogens is 12. The van der Waals surface area contributed by atoms with Crippen LogP contribution in [0.25, 0.3) is 34.6 Å². The van der Waals surface area contributed by atoms with Gasteiger partial charge in [0.15, 0.2) is 23.3 Å². The minimum Gasteiger partial charge on any atom is -0.312 e. The lowest BCUT2D eigenvalue weighted by molar-refractivity contribution is 0.366. The lowest BCUT2D eigenvalue weighted by Crippen LogP contribution is -2.25. The van der Waals surface area contributed by atoms with E-state index in [1.807, 2.05) is 73.4 Å². The van der Waals surface area contributed by atoms with Crippen LogP contribution in [0.4, 0.5) is 0 Å². The van der Waals surface area contributed by atoms with Gasteiger partial charge in [-0.1, -0.05) is 146 Å². The lowest BCUT2D eigenvalue weighted by Gasteiger charge is -2.27. The van der Waals surface area contributed by atoms with Crippen molar-refractivity contribution in [1.82, 2.24) is 59.7 Å². The molecule has 6 heterocycles. The molecule has 0 spiro atoms. The molecule has 0 bridgehead atoms. The predicted molar refractivity (Wildman–Crippen MR) is 260 cm³/mol. The van der Waals surface area contributed by atoms with Crippen molar-refractivity contribution in [1.29, 1.82) is 0 Å². The van der Waals surface area contributed by atoms with Crippen LogP contribution in [-0.2, 0) is 30.3 Å². The molecule has 63 heavy (non-hydrogen) atoms. The van der Waals surface area contributed by atoms with E-state index in [1.165, 1.54) is 57.8 Å². The van der Waals surface area contributed by atoms with Gasteiger partial charge in [-0.2, -0.15) is 10.2 Å². The van der Waals surface area contributed by atoms with Crippen LogP contribution in [-0.4, -0.2) is 59.7 Å². The van der Waals surface area contributed by atoms with Crippen molar-refractivity contribution in [2.45, 2.75) is 182 Å². The Morgan fingerprint density at radius 1 is 0.540 bits per heavy atom. The van der Waals surface area contributed by atoms with Gasteiger partial charge < -0.3 is 4.57 Å². The number of aromatic amines is 1. The van der Waals surface area contributed by atoms with Gasteiger partial charge in [-0.3, -0.25) is 20.1 Å². The third-order valence-electron chi connectivity index (χ3n) is 12.8. The Morgan fingerprint density at radius 3 is 1.49 bits per heavy atom. The maximum atomic E-state index is 4.79. The van der Waals surface area contributed by atoms with Crippen molar-refractivity contribution >= 4 is 0 Å². The molecule has 12 heteroatoms. The summed E-state index contributed by atoms with van der Waals surface area (Å²) in [6, 6.07) is 17.6. The number of rotatable bonds is 21. The van der Waals surface area contributed by atoms with Gasteiger partial charge in [-0.25, -0.2) is 14.6 Å². The molecule has 3 unspecified atom stereocenters. The van der Waals surface area contributed by atoms with Gasteiger partial charge in [0.1, 0.15) is 28.7 Å². The minimum absolute atomic E-state index is 0. The van der Waals surface area contributed by atoms with Crippen LogP contribution in [0.15, 0.2) is 73.2 Å². The number of H-pyrrole nitrogens is 1. The van der Waals surface area contributed by atoms with E-state index in [0.717, 1.165) is 84.7 Å². The largest absolute Gasteiger partial charge is 0.312 e. The molecular formula is C51H80N12. The summed E-state index contributed by atoms with van der Waals surface area (Å²) in [7, 11) is 4.00. The monoisotopic (exact) mass is 861 g/mol. The van der Waals surface area contributed by atoms with E-state index in [2.05, 4.69) is 112 Å². The summed E-state index contributed by atoms with van der Waals surface area (Å²) < 4.78 is 3.96. The topological polar surface area (TPSA) is 142 Å². The molecule has 6 aromatic heterocycles. The molecule has 0 saturated carbocycles. The van der Waals surface area contributed by atoms with Gasteiger partial charge in [-0.05, 0) is 74.9 Å². The van der Waals surface area contributed by atoms with Gasteiger partial charge in [-0.15, -0.1) is 10.2 Å². The smallest absolute Gasteiger partial charge is 0.199 e. The molecule has 0 aliphatic heterocycles. The fourth-order valence-electron chi connectivity index (χ4n) is 7.72. The molecule has 6 rings (SSSR count). The predicted octanol–water partition coefficient (Wildman–Crippen LogP) is 13.0. The Labute approximate surface area is 380 Å². The van der Waals surface area contributed by atoms with Crippen LogP contribution in [0.2, 0.25) is 0 Å². The van der Waals surface area contributed by atoms with Gasteiger partial charge >= 0.3 is 0 Å². The molecule has 0 aliphatic rings. The van der Waals surface area contributed by atoms with Crippen LogP contribution < -0.4 is 0 Å². The average Bonchev–Trinajstić information content (AvgIpc) is 4.07. The van der Waals surface area contributed by atoms with Gasteiger partial charge in [0, 0.05) is 48.9 Å². The van der Waals surface area contributed by atoms with Gasteiger partial charge in [0.25, 0.3) is 0 Å². The minimum atomic E-state index is 0. The summed E-state index contributed by atoms with van der Waals surface area (Å²) in [5.74, 6) is 5.39. The van der Waals surface area contributed by atoms with Crippen LogP contribution in [0, 0.1) is 0 Å². The Morgan fingerprint density at radius 2 is 1.02 bits per heavy atom. The Hall–Kier alpha value is -5.13. The summed E-state index contributed by atoms with van der Waals surface area (Å²) >= 11 is 0. The van der Waals surface area contributed by atoms with Crippen LogP contribution in [0.1, 0.15) is 184 Å². The second-order valence-corrected chi connectivity index (χ2v) is 17.6. The van der Waals surface area contributed by atoms with E-state index < -0.39 is 0 Å². The molecule has 0 fully saturated rings. The molecule has 1 N–H and O–H groups in total. The summed E-state index contributed by atoms with van der Waals surface area (Å²) in [6.07, 6.45) is 23.3. The van der Waals surface area contributed by atoms with Crippen molar-refractivity contribution in [3.05, 3.63) is 90.7 Å². The number of nitrogens with zero attached hydrogens (tertiary/aromatic N) is 11. The first-order valence-corrected chi connectivity index (χ1v) is 23.4. The van der Waals surface area contributed by atoms with E-state index in [4.69, 9.17) is 4.98 Å². The quantitative estimate of drug-likeness (QED) is 0.0700. The molecular weight excluding hydrogens is 781 g/mol. The highest BCUT2D eigenvalue weighted by atomic mass is 15.3. The maximum absolute atomic E-state index is 4.79. The summed E-state index contributed by atoms with van der Waals surface area (Å²) in [5.41, 5.74) is 2.80. The average molecular weight is 861 g/mol. The number of unbranched alkanes of at least 4 members (excludes halogenated alkanes) is 6. The standard InChI is InChI=1S/2C17H26N4.C16H24N4.CH4/c1-5-7-9-12-17(3,6-2)16-20-19-15(21(16)4)14-11-8-10-13-18-14;1-5-7-9-12-17(3,6-2)16-19-15(21(4)20-16)14-11-8-10-13-18-14;1-4-6-8-11-16(3,5-2)15-18-14(19-20-15)13-10-7-9-12-17-13;/h2*8,10-11,13H,5-7,9,12H2,1-4H3;7,9-10,12H,4-6,8,11H2,1-3H3,(H,18,19,20);1H4. The fourth-order valence-corrected chi connectivity index (χ4v) is 7.72. The molecule has 0 amide bonds. The number of hydrogen-bond acceptors (Lipinski definition) is 9. The Bertz CT molecular complexity index is 2090. The number of pyridine rings is 3. The number of aryl methyl sites for hydroxylation is 1. The van der Waals surface area contributed by atoms with Gasteiger partial charge in [0.2, 0.25) is 0 Å². The fraction of sp³-hybridized carbons (Fsp3) is 0.588. The first-order chi connectivity index (χ1) is 29.9. The maximum Gasteiger partial charge on any atom is 0.199 e. The second-order valence-electron chi connectivity index (χ2n) is 17.6. The first-order valence-electron chi connectivity index (χ1n) is 23.4. The Balaban J connectivity index is 0.000000250. The van der Waals surface area contributed by atoms with E-state index >= 15 is 0 Å². The molecule has 12 nitrogen and oxygen atoms in total. The molecule has 0 aliphatic carbocycles. The summed E-state index contributed by atoms with van der Waals surface area (Å²) in [5, 5.41) is 21.0. The van der Waals surface area contributed by atoms with Crippen molar-refractivity contribution in [2.75, 3.05) is 0 Å². The summed E-state index contributed by atoms with van der Waals surface area (Å²) in [4.78, 5) is 22.5. The zero-order chi connectivity index (χ0) is 45.0. The highest BCUT2D eigenvalue weighted by Gasteiger charge is 2.32. The van der Waals surface area contributed by atoms with Crippen LogP contribution >= 0.6 is 0 Å². The lowest BCUT2D eigenvalue weighted by atomic mass is 9.81. The normalized spacial score (nSPS) is 13.9. The third-order valence-corrected chi connectivity index (χ3v) is 12.8. The molecule has 344 valence electrons. The third kappa shape index (κ3) is 14.2. The molecule has 0 aromatic carbocycles. The highest BCUT2D eigenvalue weighted by Crippen LogP contribution is 2.35. The van der Waals surface area contributed by atoms with Crippen molar-refractivity contribution in [2.24, 2.45) is 14.1 Å². The van der Waals surface area contributed by atoms with Crippen molar-refractivity contribution in [3.63, 3.8) is 0 Å². The number of nitrogens with one attached hydrogen (secondary N) is 1. The second kappa shape index (κ2) is 25.8. The molecule has 3 atom stereocenters. The van der Waals surface area contributed by atoms with E-state index in [1.54, 1.807) is 18.6 Å². The van der Waals surface area contributed by atoms with E-state index in [9.17, 15) is 0 Å². The van der Waals surface area contributed by atoms with Gasteiger partial charge in [0.05, 0.1) is 0 Å². The first kappa shape index (κ1) is 52.2. The Kier molecular flexibility index (Phi) is 21.4. The van der Waals surface area contributed by atoms with Crippen molar-refractivity contribution in [3.8, 4) is 34.6 Å². The SMILES string of the molecule is C.CCCCCC(C)(CC)c1nc(-c2ccccn2)n(C)n1.CCCCCC(C)(CC)c1nc(-c2ccccn2)n[nH]1.CCCCCC(C)(CC)c1nnc(-c2ccccn2)n1C. The van der Waals surface area contributed by atoms with E-state index in [-0.39, 0.29) is 23.7 Å². The zero-order valence-corrected chi connectivity index (χ0v) is 40.0. The summed E-state index contributed by atoms with van der Waals surface area (Å²) in [6.45, 7) is 20.2. The van der Waals surface area contributed by atoms with Crippen LogP contribution in [0.3, 0.4) is 0 Å². The van der Waals surface area contributed by atoms with E-state index in [0.29, 0.717) is 5.82 Å². The highest BCUT2D eigenvalue weighted by molar-refractivity contribution is 5.50. The molecule has 0 radical (unpaired) electrons. The zero-order valence-electron chi connectivity index (χ0n) is 40.0. The number of hydrogen-bond donors (Lipinski definition) is 1.